The van der Waals surface area contributed by atoms with E-state index in [4.69, 9.17) is 9.15 Å². The van der Waals surface area contributed by atoms with Gasteiger partial charge in [0.25, 0.3) is 5.91 Å². The van der Waals surface area contributed by atoms with Crippen LogP contribution in [-0.4, -0.2) is 27.7 Å². The van der Waals surface area contributed by atoms with E-state index in [1.165, 1.54) is 18.7 Å². The summed E-state index contributed by atoms with van der Waals surface area (Å²) in [7, 11) is 0. The Kier molecular flexibility index (Phi) is 3.37. The molecule has 8 nitrogen and oxygen atoms in total. The van der Waals surface area contributed by atoms with E-state index in [2.05, 4.69) is 20.5 Å². The molecule has 1 amide bonds. The van der Waals surface area contributed by atoms with Crippen LogP contribution in [0.5, 0.6) is 5.75 Å². The van der Waals surface area contributed by atoms with E-state index in [0.29, 0.717) is 5.76 Å². The third-order valence-corrected chi connectivity index (χ3v) is 1.96. The molecule has 2 heterocycles. The van der Waals surface area contributed by atoms with Crippen LogP contribution in [-0.2, 0) is 4.79 Å². The van der Waals surface area contributed by atoms with Gasteiger partial charge in [0, 0.05) is 6.07 Å². The Bertz CT molecular complexity index is 590. The second kappa shape index (κ2) is 5.13. The number of nitrogens with zero attached hydrogens (tertiary/aromatic N) is 2. The molecule has 2 rings (SSSR count). The standard InChI is InChI=1S/C10H10N4O4/c1-6-2-7(15)8(3-17-6)18-4-9(16)13-10-11-5-12-14-10/h2-3,5H,4H2,1H3,(H2,11,12,13,14,16). The van der Waals surface area contributed by atoms with Gasteiger partial charge < -0.3 is 9.15 Å². The second-order valence-corrected chi connectivity index (χ2v) is 3.39. The third kappa shape index (κ3) is 2.94. The summed E-state index contributed by atoms with van der Waals surface area (Å²) in [5, 5.41) is 8.41. The molecule has 0 saturated carbocycles. The van der Waals surface area contributed by atoms with Gasteiger partial charge in [-0.2, -0.15) is 10.1 Å². The number of hydrogen-bond acceptors (Lipinski definition) is 6. The second-order valence-electron chi connectivity index (χ2n) is 3.39. The lowest BCUT2D eigenvalue weighted by Gasteiger charge is -2.04. The third-order valence-electron chi connectivity index (χ3n) is 1.96. The van der Waals surface area contributed by atoms with E-state index in [1.807, 2.05) is 0 Å². The summed E-state index contributed by atoms with van der Waals surface area (Å²) in [6.07, 6.45) is 2.42. The molecule has 0 saturated heterocycles. The van der Waals surface area contributed by atoms with Crippen LogP contribution in [0.1, 0.15) is 5.76 Å². The first-order valence-electron chi connectivity index (χ1n) is 5.02. The predicted molar refractivity (Wildman–Crippen MR) is 60.2 cm³/mol. The van der Waals surface area contributed by atoms with Crippen molar-refractivity contribution in [1.82, 2.24) is 15.2 Å². The molecule has 2 N–H and O–H groups in total. The average Bonchev–Trinajstić information content (AvgIpc) is 2.80. The molecule has 0 atom stereocenters. The van der Waals surface area contributed by atoms with Gasteiger partial charge in [-0.1, -0.05) is 0 Å². The molecule has 0 aliphatic rings. The molecule has 0 aromatic carbocycles. The van der Waals surface area contributed by atoms with Crippen LogP contribution in [0, 0.1) is 6.92 Å². The molecule has 0 spiro atoms. The van der Waals surface area contributed by atoms with Crippen LogP contribution in [0.15, 0.2) is 27.9 Å². The van der Waals surface area contributed by atoms with Crippen LogP contribution in [0.4, 0.5) is 5.95 Å². The summed E-state index contributed by atoms with van der Waals surface area (Å²) in [5.41, 5.74) is -0.341. The van der Waals surface area contributed by atoms with Gasteiger partial charge in [0.15, 0.2) is 6.61 Å². The van der Waals surface area contributed by atoms with Gasteiger partial charge in [-0.05, 0) is 6.92 Å². The lowest BCUT2D eigenvalue weighted by atomic mass is 10.4. The largest absolute Gasteiger partial charge is 0.477 e. The van der Waals surface area contributed by atoms with Gasteiger partial charge in [0.2, 0.25) is 17.1 Å². The first kappa shape index (κ1) is 11.8. The van der Waals surface area contributed by atoms with Crippen molar-refractivity contribution in [1.29, 1.82) is 0 Å². The molecule has 0 bridgehead atoms. The Hall–Kier alpha value is -2.64. The van der Waals surface area contributed by atoms with Crippen molar-refractivity contribution in [2.45, 2.75) is 6.92 Å². The van der Waals surface area contributed by atoms with Gasteiger partial charge in [0.1, 0.15) is 18.4 Å². The zero-order chi connectivity index (χ0) is 13.0. The van der Waals surface area contributed by atoms with Crippen molar-refractivity contribution < 1.29 is 13.9 Å². The number of aromatic nitrogens is 3. The van der Waals surface area contributed by atoms with Gasteiger partial charge in [-0.3, -0.25) is 14.9 Å². The minimum atomic E-state index is -0.466. The maximum atomic E-state index is 11.4. The number of aromatic amines is 1. The number of carbonyl (C=O) groups is 1. The Balaban J connectivity index is 1.91. The monoisotopic (exact) mass is 250 g/mol. The highest BCUT2D eigenvalue weighted by atomic mass is 16.5. The molecule has 94 valence electrons. The Morgan fingerprint density at radius 1 is 1.61 bits per heavy atom. The quantitative estimate of drug-likeness (QED) is 0.795. The molecule has 0 fully saturated rings. The number of carbonyl (C=O) groups excluding carboxylic acids is 1. The molecule has 0 aliphatic carbocycles. The molecule has 2 aromatic heterocycles. The predicted octanol–water partition coefficient (Wildman–Crippen LogP) is 0.0838. The number of H-pyrrole nitrogens is 1. The van der Waals surface area contributed by atoms with E-state index < -0.39 is 5.91 Å². The minimum absolute atomic E-state index is 0.0201. The van der Waals surface area contributed by atoms with Crippen molar-refractivity contribution in [3.63, 3.8) is 0 Å². The summed E-state index contributed by atoms with van der Waals surface area (Å²) < 4.78 is 10.0. The van der Waals surface area contributed by atoms with Crippen molar-refractivity contribution in [3.8, 4) is 5.75 Å². The van der Waals surface area contributed by atoms with Crippen LogP contribution < -0.4 is 15.5 Å². The average molecular weight is 250 g/mol. The fourth-order valence-electron chi connectivity index (χ4n) is 1.18. The fourth-order valence-corrected chi connectivity index (χ4v) is 1.18. The highest BCUT2D eigenvalue weighted by Crippen LogP contribution is 2.04. The number of aryl methyl sites for hydroxylation is 1. The van der Waals surface area contributed by atoms with Crippen molar-refractivity contribution >= 4 is 11.9 Å². The topological polar surface area (TPSA) is 110 Å². The van der Waals surface area contributed by atoms with Crippen molar-refractivity contribution in [2.24, 2.45) is 0 Å². The highest BCUT2D eigenvalue weighted by Gasteiger charge is 2.08. The van der Waals surface area contributed by atoms with E-state index >= 15 is 0 Å². The number of hydrogen-bond donors (Lipinski definition) is 2. The smallest absolute Gasteiger partial charge is 0.264 e. The molecule has 0 aliphatic heterocycles. The maximum absolute atomic E-state index is 11.4. The summed E-state index contributed by atoms with van der Waals surface area (Å²) in [6.45, 7) is 1.32. The van der Waals surface area contributed by atoms with E-state index in [-0.39, 0.29) is 23.7 Å². The molecule has 18 heavy (non-hydrogen) atoms. The molecule has 8 heteroatoms. The summed E-state index contributed by atoms with van der Waals surface area (Å²) in [6, 6.07) is 1.28. The SMILES string of the molecule is Cc1cc(=O)c(OCC(=O)Nc2ncn[nH]2)co1. The van der Waals surface area contributed by atoms with Gasteiger partial charge in [0.05, 0.1) is 0 Å². The van der Waals surface area contributed by atoms with Crippen LogP contribution in [0.3, 0.4) is 0 Å². The Labute approximate surface area is 101 Å². The van der Waals surface area contributed by atoms with E-state index in [1.54, 1.807) is 6.92 Å². The number of anilines is 1. The van der Waals surface area contributed by atoms with Gasteiger partial charge >= 0.3 is 0 Å². The molecule has 0 unspecified atom stereocenters. The van der Waals surface area contributed by atoms with E-state index in [0.717, 1.165) is 0 Å². The van der Waals surface area contributed by atoms with Crippen molar-refractivity contribution in [3.05, 3.63) is 34.6 Å². The zero-order valence-corrected chi connectivity index (χ0v) is 9.47. The summed E-state index contributed by atoms with van der Waals surface area (Å²) >= 11 is 0. The van der Waals surface area contributed by atoms with Gasteiger partial charge in [-0.25, -0.2) is 5.10 Å². The number of rotatable bonds is 4. The normalized spacial score (nSPS) is 10.1. The van der Waals surface area contributed by atoms with Gasteiger partial charge in [-0.15, -0.1) is 0 Å². The Morgan fingerprint density at radius 2 is 2.44 bits per heavy atom. The minimum Gasteiger partial charge on any atom is -0.477 e. The van der Waals surface area contributed by atoms with E-state index in [9.17, 15) is 9.59 Å². The maximum Gasteiger partial charge on any atom is 0.264 e. The molecular formula is C10H10N4O4. The number of nitrogens with one attached hydrogen (secondary N) is 2. The first-order chi connectivity index (χ1) is 8.65. The number of amides is 1. The number of ether oxygens (including phenoxy) is 1. The molecule has 2 aromatic rings. The summed E-state index contributed by atoms with van der Waals surface area (Å²) in [5.74, 6) is 0.193. The summed E-state index contributed by atoms with van der Waals surface area (Å²) in [4.78, 5) is 26.5. The van der Waals surface area contributed by atoms with Crippen LogP contribution in [0.25, 0.3) is 0 Å². The van der Waals surface area contributed by atoms with Crippen molar-refractivity contribution in [2.75, 3.05) is 11.9 Å². The fraction of sp³-hybridized carbons (Fsp3) is 0.200. The van der Waals surface area contributed by atoms with Crippen LogP contribution >= 0.6 is 0 Å². The Morgan fingerprint density at radius 3 is 3.11 bits per heavy atom. The highest BCUT2D eigenvalue weighted by molar-refractivity contribution is 5.90. The molecule has 0 radical (unpaired) electrons. The molecular weight excluding hydrogens is 240 g/mol. The first-order valence-corrected chi connectivity index (χ1v) is 5.02. The lowest BCUT2D eigenvalue weighted by molar-refractivity contribution is -0.118. The zero-order valence-electron chi connectivity index (χ0n) is 9.47. The lowest BCUT2D eigenvalue weighted by Crippen LogP contribution is -2.22. The van der Waals surface area contributed by atoms with Crippen LogP contribution in [0.2, 0.25) is 0 Å².